The number of rotatable bonds is 2. The van der Waals surface area contributed by atoms with Crippen LogP contribution in [0.15, 0.2) is 24.3 Å². The number of nitrogens with zero attached hydrogens (tertiary/aromatic N) is 1. The van der Waals surface area contributed by atoms with Crippen molar-refractivity contribution in [3.05, 3.63) is 29.3 Å². The molecule has 0 spiro atoms. The Hall–Kier alpha value is -1.22. The van der Waals surface area contributed by atoms with Gasteiger partial charge in [0.25, 0.3) is 0 Å². The highest BCUT2D eigenvalue weighted by Crippen LogP contribution is 2.25. The predicted molar refractivity (Wildman–Crippen MR) is 61.3 cm³/mol. The van der Waals surface area contributed by atoms with E-state index in [0.717, 1.165) is 18.5 Å². The maximum Gasteiger partial charge on any atom is 0.321 e. The van der Waals surface area contributed by atoms with E-state index in [1.165, 1.54) is 0 Å². The van der Waals surface area contributed by atoms with Gasteiger partial charge in [0.15, 0.2) is 0 Å². The molecule has 2 rings (SSSR count). The lowest BCUT2D eigenvalue weighted by Crippen LogP contribution is -2.32. The molecule has 1 aliphatic carbocycles. The summed E-state index contributed by atoms with van der Waals surface area (Å²) in [6, 6.07) is 7.47. The summed E-state index contributed by atoms with van der Waals surface area (Å²) in [5, 5.41) is 3.49. The number of urea groups is 1. The van der Waals surface area contributed by atoms with E-state index < -0.39 is 0 Å². The number of amides is 2. The van der Waals surface area contributed by atoms with Crippen molar-refractivity contribution in [2.45, 2.75) is 18.9 Å². The predicted octanol–water partition coefficient (Wildman–Crippen LogP) is 2.97. The SMILES string of the molecule is CN(C(=O)Nc1ccc(Cl)cc1)C1CC1. The Kier molecular flexibility index (Phi) is 2.82. The van der Waals surface area contributed by atoms with Gasteiger partial charge in [-0.15, -0.1) is 0 Å². The van der Waals surface area contributed by atoms with Crippen molar-refractivity contribution >= 4 is 23.3 Å². The van der Waals surface area contributed by atoms with Crippen molar-refractivity contribution in [1.82, 2.24) is 4.90 Å². The molecule has 1 saturated carbocycles. The lowest BCUT2D eigenvalue weighted by Gasteiger charge is -2.16. The van der Waals surface area contributed by atoms with Gasteiger partial charge in [0.05, 0.1) is 0 Å². The van der Waals surface area contributed by atoms with Gasteiger partial charge in [-0.05, 0) is 37.1 Å². The van der Waals surface area contributed by atoms with Crippen molar-refractivity contribution < 1.29 is 4.79 Å². The van der Waals surface area contributed by atoms with Crippen LogP contribution in [0.5, 0.6) is 0 Å². The Balaban J connectivity index is 1.95. The van der Waals surface area contributed by atoms with Crippen molar-refractivity contribution in [3.63, 3.8) is 0 Å². The van der Waals surface area contributed by atoms with Gasteiger partial charge in [0.2, 0.25) is 0 Å². The minimum absolute atomic E-state index is 0.0557. The summed E-state index contributed by atoms with van der Waals surface area (Å²) < 4.78 is 0. The Morgan fingerprint density at radius 1 is 1.40 bits per heavy atom. The van der Waals surface area contributed by atoms with Gasteiger partial charge in [-0.3, -0.25) is 0 Å². The van der Waals surface area contributed by atoms with E-state index in [1.807, 2.05) is 7.05 Å². The van der Waals surface area contributed by atoms with E-state index in [1.54, 1.807) is 29.2 Å². The molecule has 0 atom stereocenters. The van der Waals surface area contributed by atoms with Gasteiger partial charge in [0, 0.05) is 23.8 Å². The monoisotopic (exact) mass is 224 g/mol. The molecule has 0 saturated heterocycles. The van der Waals surface area contributed by atoms with Crippen LogP contribution in [0.1, 0.15) is 12.8 Å². The van der Waals surface area contributed by atoms with Crippen LogP contribution in [0.3, 0.4) is 0 Å². The standard InChI is InChI=1S/C11H13ClN2O/c1-14(10-6-7-10)11(15)13-9-4-2-8(12)3-5-9/h2-5,10H,6-7H2,1H3,(H,13,15). The zero-order valence-electron chi connectivity index (χ0n) is 8.53. The van der Waals surface area contributed by atoms with Gasteiger partial charge in [0.1, 0.15) is 0 Å². The third kappa shape index (κ3) is 2.63. The van der Waals surface area contributed by atoms with E-state index in [4.69, 9.17) is 11.6 Å². The molecule has 15 heavy (non-hydrogen) atoms. The number of hydrogen-bond acceptors (Lipinski definition) is 1. The number of hydrogen-bond donors (Lipinski definition) is 1. The van der Waals surface area contributed by atoms with Gasteiger partial charge >= 0.3 is 6.03 Å². The summed E-state index contributed by atoms with van der Waals surface area (Å²) in [5.41, 5.74) is 0.775. The van der Waals surface area contributed by atoms with Crippen LogP contribution >= 0.6 is 11.6 Å². The molecule has 0 aromatic heterocycles. The lowest BCUT2D eigenvalue weighted by molar-refractivity contribution is 0.220. The third-order valence-electron chi connectivity index (χ3n) is 2.51. The van der Waals surface area contributed by atoms with E-state index in [0.29, 0.717) is 11.1 Å². The summed E-state index contributed by atoms with van der Waals surface area (Å²) in [7, 11) is 1.82. The molecule has 4 heteroatoms. The van der Waals surface area contributed by atoms with Crippen LogP contribution in [0.4, 0.5) is 10.5 Å². The number of carbonyl (C=O) groups excluding carboxylic acids is 1. The molecule has 1 aliphatic rings. The second kappa shape index (κ2) is 4.11. The first-order valence-corrected chi connectivity index (χ1v) is 5.34. The Labute approximate surface area is 94.0 Å². The largest absolute Gasteiger partial charge is 0.325 e. The van der Waals surface area contributed by atoms with Gasteiger partial charge < -0.3 is 10.2 Å². The van der Waals surface area contributed by atoms with Crippen molar-refractivity contribution in [1.29, 1.82) is 0 Å². The molecule has 0 heterocycles. The van der Waals surface area contributed by atoms with E-state index >= 15 is 0 Å². The average molecular weight is 225 g/mol. The number of carbonyl (C=O) groups is 1. The summed E-state index contributed by atoms with van der Waals surface area (Å²) in [5.74, 6) is 0. The number of anilines is 1. The summed E-state index contributed by atoms with van der Waals surface area (Å²) in [6.07, 6.45) is 2.23. The van der Waals surface area contributed by atoms with Gasteiger partial charge in [-0.25, -0.2) is 4.79 Å². The minimum Gasteiger partial charge on any atom is -0.325 e. The highest BCUT2D eigenvalue weighted by Gasteiger charge is 2.29. The van der Waals surface area contributed by atoms with E-state index in [-0.39, 0.29) is 6.03 Å². The molecule has 0 radical (unpaired) electrons. The molecule has 0 bridgehead atoms. The van der Waals surface area contributed by atoms with Gasteiger partial charge in [-0.1, -0.05) is 11.6 Å². The summed E-state index contributed by atoms with van der Waals surface area (Å²) >= 11 is 5.75. The van der Waals surface area contributed by atoms with Crippen LogP contribution in [0.2, 0.25) is 5.02 Å². The highest BCUT2D eigenvalue weighted by molar-refractivity contribution is 6.30. The smallest absolute Gasteiger partial charge is 0.321 e. The molecule has 1 aromatic rings. The normalized spacial score (nSPS) is 14.8. The van der Waals surface area contributed by atoms with Crippen molar-refractivity contribution in [2.75, 3.05) is 12.4 Å². The van der Waals surface area contributed by atoms with Crippen molar-refractivity contribution in [3.8, 4) is 0 Å². The first kappa shape index (κ1) is 10.3. The Bertz CT molecular complexity index is 359. The first-order valence-electron chi connectivity index (χ1n) is 4.96. The average Bonchev–Trinajstić information content (AvgIpc) is 3.04. The number of nitrogens with one attached hydrogen (secondary N) is 1. The van der Waals surface area contributed by atoms with E-state index in [2.05, 4.69) is 5.32 Å². The maximum atomic E-state index is 11.7. The lowest BCUT2D eigenvalue weighted by atomic mass is 10.3. The molecular weight excluding hydrogens is 212 g/mol. The Morgan fingerprint density at radius 2 is 2.00 bits per heavy atom. The molecule has 1 aromatic carbocycles. The second-order valence-corrected chi connectivity index (χ2v) is 4.22. The molecule has 80 valence electrons. The van der Waals surface area contributed by atoms with Crippen LogP contribution in [0.25, 0.3) is 0 Å². The molecule has 1 N–H and O–H groups in total. The molecule has 3 nitrogen and oxygen atoms in total. The van der Waals surface area contributed by atoms with Crippen LogP contribution in [0, 0.1) is 0 Å². The summed E-state index contributed by atoms with van der Waals surface area (Å²) in [4.78, 5) is 13.4. The fraction of sp³-hybridized carbons (Fsp3) is 0.364. The third-order valence-corrected chi connectivity index (χ3v) is 2.76. The van der Waals surface area contributed by atoms with Gasteiger partial charge in [-0.2, -0.15) is 0 Å². The fourth-order valence-electron chi connectivity index (χ4n) is 1.37. The molecule has 0 aliphatic heterocycles. The zero-order chi connectivity index (χ0) is 10.8. The van der Waals surface area contributed by atoms with Crippen LogP contribution < -0.4 is 5.32 Å². The Morgan fingerprint density at radius 3 is 2.53 bits per heavy atom. The molecule has 2 amide bonds. The first-order chi connectivity index (χ1) is 7.16. The van der Waals surface area contributed by atoms with E-state index in [9.17, 15) is 4.79 Å². The van der Waals surface area contributed by atoms with Crippen LogP contribution in [-0.4, -0.2) is 24.0 Å². The second-order valence-electron chi connectivity index (χ2n) is 3.78. The quantitative estimate of drug-likeness (QED) is 0.823. The van der Waals surface area contributed by atoms with Crippen molar-refractivity contribution in [2.24, 2.45) is 0 Å². The van der Waals surface area contributed by atoms with Crippen LogP contribution in [-0.2, 0) is 0 Å². The molecule has 1 fully saturated rings. The minimum atomic E-state index is -0.0557. The highest BCUT2D eigenvalue weighted by atomic mass is 35.5. The molecular formula is C11H13ClN2O. The molecule has 0 unspecified atom stereocenters. The zero-order valence-corrected chi connectivity index (χ0v) is 9.29. The maximum absolute atomic E-state index is 11.7. The topological polar surface area (TPSA) is 32.3 Å². The number of halogens is 1. The summed E-state index contributed by atoms with van der Waals surface area (Å²) in [6.45, 7) is 0. The number of benzene rings is 1. The fourth-order valence-corrected chi connectivity index (χ4v) is 1.50.